The van der Waals surface area contributed by atoms with Crippen LogP contribution in [0.4, 0.5) is 30.7 Å². The number of aliphatic hydroxyl groups is 1. The summed E-state index contributed by atoms with van der Waals surface area (Å²) >= 11 is 0. The Morgan fingerprint density at radius 3 is 2.10 bits per heavy atom. The van der Waals surface area contributed by atoms with Crippen LogP contribution < -0.4 is 5.73 Å². The van der Waals surface area contributed by atoms with Crippen LogP contribution in [-0.2, 0) is 6.18 Å². The number of rotatable bonds is 3. The zero-order valence-corrected chi connectivity index (χ0v) is 9.76. The number of halogens is 7. The van der Waals surface area contributed by atoms with E-state index in [-0.39, 0.29) is 6.07 Å². The first-order valence-corrected chi connectivity index (χ1v) is 5.30. The molecule has 0 heterocycles. The monoisotopic (exact) mass is 305 g/mol. The molecule has 3 N–H and O–H groups in total. The molecule has 114 valence electrons. The van der Waals surface area contributed by atoms with Gasteiger partial charge < -0.3 is 10.8 Å². The zero-order valence-electron chi connectivity index (χ0n) is 9.76. The van der Waals surface area contributed by atoms with Gasteiger partial charge in [-0.2, -0.15) is 26.3 Å². The third kappa shape index (κ3) is 4.07. The Balaban J connectivity index is 2.98. The lowest BCUT2D eigenvalue weighted by Gasteiger charge is -2.20. The molecule has 20 heavy (non-hydrogen) atoms. The van der Waals surface area contributed by atoms with E-state index in [1.165, 1.54) is 0 Å². The van der Waals surface area contributed by atoms with Crippen LogP contribution in [0.25, 0.3) is 0 Å². The van der Waals surface area contributed by atoms with E-state index in [1.807, 2.05) is 0 Å². The van der Waals surface area contributed by atoms with Crippen LogP contribution in [0.3, 0.4) is 0 Å². The molecule has 0 fully saturated rings. The Labute approximate surface area is 109 Å². The van der Waals surface area contributed by atoms with E-state index < -0.39 is 47.9 Å². The molecule has 1 rings (SSSR count). The first-order chi connectivity index (χ1) is 8.93. The molecule has 0 radical (unpaired) electrons. The van der Waals surface area contributed by atoms with Gasteiger partial charge in [-0.05, 0) is 17.7 Å². The van der Waals surface area contributed by atoms with Crippen molar-refractivity contribution < 1.29 is 35.8 Å². The second-order valence-electron chi connectivity index (χ2n) is 4.14. The number of nitrogens with two attached hydrogens (primary N) is 1. The Hall–Kier alpha value is -1.35. The Morgan fingerprint density at radius 2 is 1.65 bits per heavy atom. The van der Waals surface area contributed by atoms with Crippen molar-refractivity contribution >= 4 is 0 Å². The van der Waals surface area contributed by atoms with Gasteiger partial charge in [-0.15, -0.1) is 0 Å². The van der Waals surface area contributed by atoms with Crippen molar-refractivity contribution in [3.8, 4) is 0 Å². The Morgan fingerprint density at radius 1 is 1.10 bits per heavy atom. The summed E-state index contributed by atoms with van der Waals surface area (Å²) in [4.78, 5) is 0. The van der Waals surface area contributed by atoms with Gasteiger partial charge in [0.1, 0.15) is 11.9 Å². The zero-order chi connectivity index (χ0) is 15.7. The minimum Gasteiger partial charge on any atom is -0.388 e. The molecular formula is C11H10F7NO. The summed E-state index contributed by atoms with van der Waals surface area (Å²) in [5.41, 5.74) is 2.62. The minimum atomic E-state index is -5.01. The van der Waals surface area contributed by atoms with E-state index in [2.05, 4.69) is 0 Å². The average molecular weight is 305 g/mol. The Kier molecular flexibility index (Phi) is 4.65. The number of alkyl halides is 6. The Bertz CT molecular complexity index is 469. The topological polar surface area (TPSA) is 46.2 Å². The normalized spacial score (nSPS) is 16.1. The van der Waals surface area contributed by atoms with Crippen molar-refractivity contribution in [3.63, 3.8) is 0 Å². The maximum atomic E-state index is 13.0. The van der Waals surface area contributed by atoms with E-state index in [1.54, 1.807) is 0 Å². The predicted molar refractivity (Wildman–Crippen MR) is 55.0 cm³/mol. The average Bonchev–Trinajstić information content (AvgIpc) is 2.26. The molecule has 0 aromatic heterocycles. The lowest BCUT2D eigenvalue weighted by atomic mass is 10.00. The summed E-state index contributed by atoms with van der Waals surface area (Å²) in [5.74, 6) is -1.58. The maximum absolute atomic E-state index is 13.0. The van der Waals surface area contributed by atoms with Gasteiger partial charge in [-0.25, -0.2) is 4.39 Å². The summed E-state index contributed by atoms with van der Waals surface area (Å²) in [7, 11) is 0. The first kappa shape index (κ1) is 16.7. The molecule has 0 amide bonds. The fraction of sp³-hybridized carbons (Fsp3) is 0.455. The number of aliphatic hydroxyl groups excluding tert-OH is 1. The van der Waals surface area contributed by atoms with Crippen molar-refractivity contribution in [2.45, 2.75) is 30.9 Å². The standard InChI is InChI=1S/C11H10F7NO/c12-7-2-1-5(3-6(7)10(13,14)15)8(20)4-9(19)11(16,17)18/h1-3,8-9,20H,4,19H2/t8-,9-/m0/s1. The SMILES string of the molecule is N[C@@H](C[C@H](O)c1ccc(F)c(C(F)(F)F)c1)C(F)(F)F. The fourth-order valence-corrected chi connectivity index (χ4v) is 1.48. The second-order valence-corrected chi connectivity index (χ2v) is 4.14. The highest BCUT2D eigenvalue weighted by molar-refractivity contribution is 5.28. The summed E-state index contributed by atoms with van der Waals surface area (Å²) in [6.45, 7) is 0. The highest BCUT2D eigenvalue weighted by atomic mass is 19.4. The quantitative estimate of drug-likeness (QED) is 0.843. The number of hydrogen-bond acceptors (Lipinski definition) is 2. The first-order valence-electron chi connectivity index (χ1n) is 5.30. The van der Waals surface area contributed by atoms with Gasteiger partial charge in [-0.3, -0.25) is 0 Å². The molecular weight excluding hydrogens is 295 g/mol. The van der Waals surface area contributed by atoms with Crippen LogP contribution >= 0.6 is 0 Å². The molecule has 1 aromatic rings. The third-order valence-corrected chi connectivity index (χ3v) is 2.58. The van der Waals surface area contributed by atoms with Crippen LogP contribution in [0.1, 0.15) is 23.7 Å². The molecule has 2 atom stereocenters. The molecule has 0 saturated heterocycles. The van der Waals surface area contributed by atoms with E-state index in [9.17, 15) is 35.8 Å². The highest BCUT2D eigenvalue weighted by Crippen LogP contribution is 2.34. The largest absolute Gasteiger partial charge is 0.419 e. The molecule has 0 unspecified atom stereocenters. The predicted octanol–water partition coefficient (Wildman–Crippen LogP) is 3.16. The van der Waals surface area contributed by atoms with Crippen molar-refractivity contribution in [1.82, 2.24) is 0 Å². The third-order valence-electron chi connectivity index (χ3n) is 2.58. The van der Waals surface area contributed by atoms with E-state index in [4.69, 9.17) is 5.73 Å². The van der Waals surface area contributed by atoms with Crippen LogP contribution in [0.5, 0.6) is 0 Å². The van der Waals surface area contributed by atoms with Gasteiger partial charge in [0.05, 0.1) is 11.7 Å². The van der Waals surface area contributed by atoms with Crippen LogP contribution in [-0.4, -0.2) is 17.3 Å². The van der Waals surface area contributed by atoms with E-state index in [0.29, 0.717) is 6.07 Å². The summed E-state index contributed by atoms with van der Waals surface area (Å²) in [6, 6.07) is -0.918. The van der Waals surface area contributed by atoms with Crippen molar-refractivity contribution in [2.24, 2.45) is 5.73 Å². The van der Waals surface area contributed by atoms with Gasteiger partial charge in [-0.1, -0.05) is 6.07 Å². The van der Waals surface area contributed by atoms with Crippen molar-refractivity contribution in [2.75, 3.05) is 0 Å². The number of benzene rings is 1. The molecule has 0 aliphatic heterocycles. The summed E-state index contributed by atoms with van der Waals surface area (Å²) in [5, 5.41) is 9.47. The lowest BCUT2D eigenvalue weighted by Crippen LogP contribution is -2.38. The summed E-state index contributed by atoms with van der Waals surface area (Å²) < 4.78 is 86.8. The second kappa shape index (κ2) is 5.57. The van der Waals surface area contributed by atoms with Gasteiger partial charge in [0.2, 0.25) is 0 Å². The van der Waals surface area contributed by atoms with Gasteiger partial charge >= 0.3 is 12.4 Å². The van der Waals surface area contributed by atoms with Crippen LogP contribution in [0.15, 0.2) is 18.2 Å². The number of hydrogen-bond donors (Lipinski definition) is 2. The molecule has 0 spiro atoms. The van der Waals surface area contributed by atoms with E-state index in [0.717, 1.165) is 6.07 Å². The molecule has 1 aromatic carbocycles. The molecule has 0 aliphatic carbocycles. The lowest BCUT2D eigenvalue weighted by molar-refractivity contribution is -0.154. The van der Waals surface area contributed by atoms with E-state index >= 15 is 0 Å². The van der Waals surface area contributed by atoms with Gasteiger partial charge in [0, 0.05) is 6.42 Å². The van der Waals surface area contributed by atoms with Gasteiger partial charge in [0.15, 0.2) is 0 Å². The molecule has 9 heteroatoms. The smallest absolute Gasteiger partial charge is 0.388 e. The fourth-order valence-electron chi connectivity index (χ4n) is 1.48. The molecule has 2 nitrogen and oxygen atoms in total. The maximum Gasteiger partial charge on any atom is 0.419 e. The van der Waals surface area contributed by atoms with Crippen LogP contribution in [0, 0.1) is 5.82 Å². The van der Waals surface area contributed by atoms with Crippen molar-refractivity contribution in [1.29, 1.82) is 0 Å². The van der Waals surface area contributed by atoms with Gasteiger partial charge in [0.25, 0.3) is 0 Å². The molecule has 0 bridgehead atoms. The van der Waals surface area contributed by atoms with Crippen LogP contribution in [0.2, 0.25) is 0 Å². The summed E-state index contributed by atoms with van der Waals surface area (Å²) in [6.07, 6.45) is -12.7. The molecule has 0 saturated carbocycles. The molecule has 0 aliphatic rings. The minimum absolute atomic E-state index is 0.267. The van der Waals surface area contributed by atoms with Crippen molar-refractivity contribution in [3.05, 3.63) is 35.1 Å². The highest BCUT2D eigenvalue weighted by Gasteiger charge is 2.39.